The summed E-state index contributed by atoms with van der Waals surface area (Å²) in [6.45, 7) is 0. The number of aromatic nitrogens is 1. The van der Waals surface area contributed by atoms with E-state index in [-0.39, 0.29) is 17.9 Å². The molecule has 4 rings (SSSR count). The molecule has 19 heavy (non-hydrogen) atoms. The number of nitrogens with zero attached hydrogens (tertiary/aromatic N) is 1. The maximum Gasteiger partial charge on any atom is 0.258 e. The summed E-state index contributed by atoms with van der Waals surface area (Å²) in [5, 5.41) is 15.3. The van der Waals surface area contributed by atoms with Crippen molar-refractivity contribution < 1.29 is 14.3 Å². The number of nitrogens with one attached hydrogen (secondary N) is 1. The van der Waals surface area contributed by atoms with Crippen LogP contribution in [0.3, 0.4) is 0 Å². The molecule has 0 radical (unpaired) electrons. The lowest BCUT2D eigenvalue weighted by Gasteiger charge is -2.32. The highest BCUT2D eigenvalue weighted by Gasteiger charge is 2.53. The molecule has 4 atom stereocenters. The van der Waals surface area contributed by atoms with Gasteiger partial charge < -0.3 is 15.3 Å². The van der Waals surface area contributed by atoms with E-state index in [0.717, 1.165) is 11.2 Å². The van der Waals surface area contributed by atoms with E-state index in [1.807, 2.05) is 0 Å². The number of carbonyl (C=O) groups is 1. The molecule has 3 aliphatic rings. The first-order valence-electron chi connectivity index (χ1n) is 6.49. The van der Waals surface area contributed by atoms with Crippen molar-refractivity contribution in [2.45, 2.75) is 18.4 Å². The molecular weight excluding hydrogens is 244 g/mol. The molecule has 2 heterocycles. The number of fused-ring (bicyclic) bond motifs is 7. The Morgan fingerprint density at radius 3 is 3.00 bits per heavy atom. The van der Waals surface area contributed by atoms with Gasteiger partial charge in [-0.2, -0.15) is 4.73 Å². The first kappa shape index (κ1) is 10.8. The molecule has 5 heteroatoms. The number of hydrogen-bond acceptors (Lipinski definition) is 3. The number of amides is 1. The quantitative estimate of drug-likeness (QED) is 0.459. The first-order valence-corrected chi connectivity index (χ1v) is 6.49. The number of ether oxygens (including phenoxy) is 1. The minimum Gasteiger partial charge on any atom is -0.618 e. The second-order valence-corrected chi connectivity index (χ2v) is 5.48. The van der Waals surface area contributed by atoms with E-state index in [1.54, 1.807) is 6.07 Å². The molecule has 1 saturated carbocycles. The van der Waals surface area contributed by atoms with Gasteiger partial charge in [0.1, 0.15) is 5.56 Å². The fourth-order valence-corrected chi connectivity index (χ4v) is 3.80. The van der Waals surface area contributed by atoms with Crippen LogP contribution >= 0.6 is 0 Å². The molecule has 1 fully saturated rings. The molecule has 1 N–H and O–H groups in total. The van der Waals surface area contributed by atoms with Gasteiger partial charge in [0, 0.05) is 12.1 Å². The van der Waals surface area contributed by atoms with E-state index in [9.17, 15) is 10.0 Å². The molecule has 1 aliphatic heterocycles. The molecule has 0 spiro atoms. The van der Waals surface area contributed by atoms with Crippen LogP contribution in [0.15, 0.2) is 24.4 Å². The van der Waals surface area contributed by atoms with Crippen LogP contribution < -0.4 is 14.8 Å². The van der Waals surface area contributed by atoms with Crippen molar-refractivity contribution in [3.8, 4) is 5.75 Å². The Bertz CT molecular complexity index is 611. The number of methoxy groups -OCH3 is 1. The lowest BCUT2D eigenvalue weighted by atomic mass is 9.81. The third-order valence-electron chi connectivity index (χ3n) is 4.60. The monoisotopic (exact) mass is 258 g/mol. The number of allylic oxidation sites excluding steroid dienone is 1. The molecule has 4 unspecified atom stereocenters. The lowest BCUT2D eigenvalue weighted by Crippen LogP contribution is -2.52. The fraction of sp³-hybridized carbons (Fsp3) is 0.429. The predicted molar refractivity (Wildman–Crippen MR) is 66.7 cm³/mol. The second kappa shape index (κ2) is 3.50. The van der Waals surface area contributed by atoms with E-state index < -0.39 is 0 Å². The topological polar surface area (TPSA) is 65.3 Å². The summed E-state index contributed by atoms with van der Waals surface area (Å²) in [5.41, 5.74) is 1.06. The van der Waals surface area contributed by atoms with Crippen molar-refractivity contribution in [1.29, 1.82) is 0 Å². The van der Waals surface area contributed by atoms with Crippen molar-refractivity contribution in [3.63, 3.8) is 0 Å². The van der Waals surface area contributed by atoms with Gasteiger partial charge in [0.15, 0.2) is 5.75 Å². The van der Waals surface area contributed by atoms with E-state index in [4.69, 9.17) is 4.74 Å². The standard InChI is InChI=1S/C14H14N2O3/c1-19-9-5-10-13(16(18)6-9)11-7-2-3-8(4-7)12(11)15-14(10)17/h2-3,5-8,11-12H,4H2,1H3,(H,15,17). The molecule has 1 aromatic heterocycles. The second-order valence-electron chi connectivity index (χ2n) is 5.48. The average molecular weight is 258 g/mol. The van der Waals surface area contributed by atoms with Crippen LogP contribution in [0, 0.1) is 17.0 Å². The van der Waals surface area contributed by atoms with Crippen LogP contribution in [-0.4, -0.2) is 19.1 Å². The van der Waals surface area contributed by atoms with Crippen molar-refractivity contribution in [3.05, 3.63) is 40.9 Å². The highest BCUT2D eigenvalue weighted by Crippen LogP contribution is 2.50. The average Bonchev–Trinajstić information content (AvgIpc) is 2.99. The number of pyridine rings is 1. The summed E-state index contributed by atoms with van der Waals surface area (Å²) in [6.07, 6.45) is 6.78. The molecule has 1 amide bonds. The molecule has 2 aliphatic carbocycles. The van der Waals surface area contributed by atoms with Gasteiger partial charge in [-0.05, 0) is 18.3 Å². The minimum absolute atomic E-state index is 0.0728. The van der Waals surface area contributed by atoms with Gasteiger partial charge in [0.25, 0.3) is 5.91 Å². The SMILES string of the molecule is COc1cc2c([n+]([O-])c1)C1C3C=CC(C3)C1NC2=O. The van der Waals surface area contributed by atoms with Gasteiger partial charge in [-0.25, -0.2) is 0 Å². The molecule has 2 bridgehead atoms. The highest BCUT2D eigenvalue weighted by molar-refractivity contribution is 5.97. The van der Waals surface area contributed by atoms with E-state index >= 15 is 0 Å². The Labute approximate surface area is 110 Å². The third kappa shape index (κ3) is 1.30. The molecule has 5 nitrogen and oxygen atoms in total. The van der Waals surface area contributed by atoms with Gasteiger partial charge in [-0.1, -0.05) is 12.2 Å². The predicted octanol–water partition coefficient (Wildman–Crippen LogP) is 0.730. The zero-order valence-electron chi connectivity index (χ0n) is 10.5. The third-order valence-corrected chi connectivity index (χ3v) is 4.60. The number of hydrogen-bond donors (Lipinski definition) is 1. The van der Waals surface area contributed by atoms with Crippen molar-refractivity contribution in [2.24, 2.45) is 11.8 Å². The van der Waals surface area contributed by atoms with Crippen LogP contribution in [0.4, 0.5) is 0 Å². The van der Waals surface area contributed by atoms with Crippen molar-refractivity contribution in [2.75, 3.05) is 7.11 Å². The molecule has 98 valence electrons. The normalized spacial score (nSPS) is 33.8. The zero-order chi connectivity index (χ0) is 13.1. The molecule has 1 aromatic rings. The van der Waals surface area contributed by atoms with Crippen LogP contribution in [0.25, 0.3) is 0 Å². The zero-order valence-corrected chi connectivity index (χ0v) is 10.5. The summed E-state index contributed by atoms with van der Waals surface area (Å²) < 4.78 is 5.89. The van der Waals surface area contributed by atoms with Crippen LogP contribution in [0.2, 0.25) is 0 Å². The van der Waals surface area contributed by atoms with Crippen LogP contribution in [0.5, 0.6) is 5.75 Å². The molecule has 0 aromatic carbocycles. The van der Waals surface area contributed by atoms with Crippen molar-refractivity contribution in [1.82, 2.24) is 5.32 Å². The van der Waals surface area contributed by atoms with E-state index in [0.29, 0.717) is 28.8 Å². The smallest absolute Gasteiger partial charge is 0.258 e. The number of carbonyl (C=O) groups excluding carboxylic acids is 1. The van der Waals surface area contributed by atoms with Gasteiger partial charge >= 0.3 is 0 Å². The first-order chi connectivity index (χ1) is 9.19. The molecule has 0 saturated heterocycles. The summed E-state index contributed by atoms with van der Waals surface area (Å²) in [7, 11) is 1.49. The van der Waals surface area contributed by atoms with E-state index in [1.165, 1.54) is 13.3 Å². The van der Waals surface area contributed by atoms with Crippen LogP contribution in [-0.2, 0) is 0 Å². The largest absolute Gasteiger partial charge is 0.618 e. The van der Waals surface area contributed by atoms with Gasteiger partial charge in [-0.3, -0.25) is 4.79 Å². The minimum atomic E-state index is -0.166. The summed E-state index contributed by atoms with van der Waals surface area (Å²) in [5.74, 6) is 1.09. The Balaban J connectivity index is 1.92. The van der Waals surface area contributed by atoms with Crippen LogP contribution in [0.1, 0.15) is 28.4 Å². The van der Waals surface area contributed by atoms with Crippen molar-refractivity contribution >= 4 is 5.91 Å². The maximum absolute atomic E-state index is 12.2. The summed E-state index contributed by atoms with van der Waals surface area (Å²) in [6, 6.07) is 1.73. The summed E-state index contributed by atoms with van der Waals surface area (Å²) >= 11 is 0. The Kier molecular flexibility index (Phi) is 2.00. The Morgan fingerprint density at radius 2 is 2.21 bits per heavy atom. The molecular formula is C14H14N2O3. The fourth-order valence-electron chi connectivity index (χ4n) is 3.80. The summed E-state index contributed by atoms with van der Waals surface area (Å²) in [4.78, 5) is 12.2. The lowest BCUT2D eigenvalue weighted by molar-refractivity contribution is -0.616. The van der Waals surface area contributed by atoms with Gasteiger partial charge in [0.05, 0.1) is 13.0 Å². The Morgan fingerprint density at radius 1 is 1.42 bits per heavy atom. The van der Waals surface area contributed by atoms with Gasteiger partial charge in [-0.15, -0.1) is 0 Å². The highest BCUT2D eigenvalue weighted by atomic mass is 16.5. The Hall–Kier alpha value is -2.04. The van der Waals surface area contributed by atoms with E-state index in [2.05, 4.69) is 17.5 Å². The maximum atomic E-state index is 12.2. The van der Waals surface area contributed by atoms with Gasteiger partial charge in [0.2, 0.25) is 11.9 Å². The number of rotatable bonds is 1.